The standard InChI is InChI=1S/C12H18N2O4S/c1-18-12(15)9-19(16,17)14-8-11-4-2-10(3-5-11)6-7-13/h2-5,14H,6-9,13H2,1H3. The van der Waals surface area contributed by atoms with E-state index in [1.165, 1.54) is 0 Å². The molecule has 0 saturated heterocycles. The smallest absolute Gasteiger partial charge is 0.322 e. The van der Waals surface area contributed by atoms with Crippen LogP contribution < -0.4 is 10.5 Å². The van der Waals surface area contributed by atoms with Crippen molar-refractivity contribution in [2.75, 3.05) is 19.4 Å². The van der Waals surface area contributed by atoms with Crippen LogP contribution in [0.25, 0.3) is 0 Å². The third-order valence-corrected chi connectivity index (χ3v) is 3.69. The summed E-state index contributed by atoms with van der Waals surface area (Å²) < 4.78 is 29.7. The zero-order chi connectivity index (χ0) is 14.3. The molecule has 6 nitrogen and oxygen atoms in total. The summed E-state index contributed by atoms with van der Waals surface area (Å²) in [6.07, 6.45) is 0.786. The van der Waals surface area contributed by atoms with E-state index in [-0.39, 0.29) is 6.54 Å². The summed E-state index contributed by atoms with van der Waals surface area (Å²) in [5, 5.41) is 0. The highest BCUT2D eigenvalue weighted by Gasteiger charge is 2.16. The van der Waals surface area contributed by atoms with Crippen LogP contribution in [-0.2, 0) is 32.5 Å². The van der Waals surface area contributed by atoms with Crippen molar-refractivity contribution in [2.24, 2.45) is 5.73 Å². The predicted octanol–water partition coefficient (Wildman–Crippen LogP) is -0.220. The van der Waals surface area contributed by atoms with Crippen LogP contribution in [0.2, 0.25) is 0 Å². The van der Waals surface area contributed by atoms with Gasteiger partial charge in [-0.15, -0.1) is 0 Å². The molecule has 0 spiro atoms. The second-order valence-electron chi connectivity index (χ2n) is 4.01. The maximum absolute atomic E-state index is 11.5. The highest BCUT2D eigenvalue weighted by molar-refractivity contribution is 7.90. The van der Waals surface area contributed by atoms with Crippen molar-refractivity contribution in [3.8, 4) is 0 Å². The van der Waals surface area contributed by atoms with Crippen LogP contribution in [0.4, 0.5) is 0 Å². The topological polar surface area (TPSA) is 98.5 Å². The number of carbonyl (C=O) groups excluding carboxylic acids is 1. The summed E-state index contributed by atoms with van der Waals surface area (Å²) in [6, 6.07) is 7.45. The summed E-state index contributed by atoms with van der Waals surface area (Å²) in [7, 11) is -2.51. The van der Waals surface area contributed by atoms with Crippen molar-refractivity contribution in [2.45, 2.75) is 13.0 Å². The number of ether oxygens (including phenoxy) is 1. The zero-order valence-electron chi connectivity index (χ0n) is 10.8. The van der Waals surface area contributed by atoms with E-state index in [0.717, 1.165) is 24.7 Å². The lowest BCUT2D eigenvalue weighted by Gasteiger charge is -2.06. The first-order chi connectivity index (χ1) is 8.96. The van der Waals surface area contributed by atoms with Gasteiger partial charge in [0.1, 0.15) is 0 Å². The monoisotopic (exact) mass is 286 g/mol. The molecule has 0 atom stereocenters. The van der Waals surface area contributed by atoms with E-state index < -0.39 is 21.7 Å². The van der Waals surface area contributed by atoms with Crippen LogP contribution in [0.15, 0.2) is 24.3 Å². The zero-order valence-corrected chi connectivity index (χ0v) is 11.6. The van der Waals surface area contributed by atoms with Gasteiger partial charge in [-0.3, -0.25) is 4.79 Å². The molecule has 0 bridgehead atoms. The van der Waals surface area contributed by atoms with Gasteiger partial charge in [-0.1, -0.05) is 24.3 Å². The molecule has 19 heavy (non-hydrogen) atoms. The van der Waals surface area contributed by atoms with Gasteiger partial charge in [0, 0.05) is 6.54 Å². The van der Waals surface area contributed by atoms with Gasteiger partial charge in [0.05, 0.1) is 7.11 Å². The van der Waals surface area contributed by atoms with Gasteiger partial charge in [0.15, 0.2) is 5.75 Å². The van der Waals surface area contributed by atoms with Crippen LogP contribution in [0.3, 0.4) is 0 Å². The minimum Gasteiger partial charge on any atom is -0.468 e. The SMILES string of the molecule is COC(=O)CS(=O)(=O)NCc1ccc(CCN)cc1. The third kappa shape index (κ3) is 5.82. The van der Waals surface area contributed by atoms with Crippen molar-refractivity contribution in [1.82, 2.24) is 4.72 Å². The van der Waals surface area contributed by atoms with E-state index in [1.807, 2.05) is 24.3 Å². The average Bonchev–Trinajstić information content (AvgIpc) is 2.38. The van der Waals surface area contributed by atoms with Crippen molar-refractivity contribution < 1.29 is 17.9 Å². The van der Waals surface area contributed by atoms with Crippen molar-refractivity contribution in [3.05, 3.63) is 35.4 Å². The minimum absolute atomic E-state index is 0.141. The predicted molar refractivity (Wildman–Crippen MR) is 71.8 cm³/mol. The van der Waals surface area contributed by atoms with Gasteiger partial charge in [0.2, 0.25) is 10.0 Å². The number of methoxy groups -OCH3 is 1. The Morgan fingerprint density at radius 1 is 1.26 bits per heavy atom. The molecule has 1 rings (SSSR count). The van der Waals surface area contributed by atoms with Gasteiger partial charge >= 0.3 is 5.97 Å². The Morgan fingerprint density at radius 3 is 2.37 bits per heavy atom. The average molecular weight is 286 g/mol. The Bertz CT molecular complexity index is 511. The fourth-order valence-corrected chi connectivity index (χ4v) is 2.37. The maximum Gasteiger partial charge on any atom is 0.322 e. The molecule has 0 unspecified atom stereocenters. The number of hydrogen-bond acceptors (Lipinski definition) is 5. The fourth-order valence-electron chi connectivity index (χ4n) is 1.45. The Labute approximate surface area is 113 Å². The molecule has 0 radical (unpaired) electrons. The largest absolute Gasteiger partial charge is 0.468 e. The van der Waals surface area contributed by atoms with E-state index in [9.17, 15) is 13.2 Å². The lowest BCUT2D eigenvalue weighted by Crippen LogP contribution is -2.30. The minimum atomic E-state index is -3.66. The molecular formula is C12H18N2O4S. The number of nitrogens with one attached hydrogen (secondary N) is 1. The number of hydrogen-bond donors (Lipinski definition) is 2. The molecule has 7 heteroatoms. The summed E-state index contributed by atoms with van der Waals surface area (Å²) in [6.45, 7) is 0.716. The van der Waals surface area contributed by atoms with Gasteiger partial charge in [0.25, 0.3) is 0 Å². The molecule has 0 fully saturated rings. The van der Waals surface area contributed by atoms with Gasteiger partial charge in [-0.2, -0.15) is 0 Å². The molecule has 0 saturated carbocycles. The van der Waals surface area contributed by atoms with Gasteiger partial charge < -0.3 is 10.5 Å². The summed E-state index contributed by atoms with van der Waals surface area (Å²) >= 11 is 0. The summed E-state index contributed by atoms with van der Waals surface area (Å²) in [5.74, 6) is -1.46. The second-order valence-corrected chi connectivity index (χ2v) is 5.82. The number of sulfonamides is 1. The first kappa shape index (κ1) is 15.6. The van der Waals surface area contributed by atoms with Crippen molar-refractivity contribution in [1.29, 1.82) is 0 Å². The highest BCUT2D eigenvalue weighted by atomic mass is 32.2. The molecule has 1 aromatic carbocycles. The Balaban J connectivity index is 2.54. The molecule has 106 valence electrons. The first-order valence-electron chi connectivity index (χ1n) is 5.79. The van der Waals surface area contributed by atoms with Gasteiger partial charge in [-0.05, 0) is 24.1 Å². The first-order valence-corrected chi connectivity index (χ1v) is 7.44. The van der Waals surface area contributed by atoms with Crippen LogP contribution in [0.1, 0.15) is 11.1 Å². The molecule has 0 amide bonds. The quantitative estimate of drug-likeness (QED) is 0.675. The summed E-state index contributed by atoms with van der Waals surface area (Å²) in [4.78, 5) is 10.9. The molecule has 0 aliphatic heterocycles. The number of benzene rings is 1. The van der Waals surface area contributed by atoms with E-state index in [2.05, 4.69) is 9.46 Å². The lowest BCUT2D eigenvalue weighted by molar-refractivity contribution is -0.137. The second kappa shape index (κ2) is 7.22. The number of esters is 1. The molecule has 0 aliphatic rings. The van der Waals surface area contributed by atoms with Crippen LogP contribution in [0.5, 0.6) is 0 Å². The number of carbonyl (C=O) groups is 1. The molecular weight excluding hydrogens is 268 g/mol. The van der Waals surface area contributed by atoms with E-state index >= 15 is 0 Å². The van der Waals surface area contributed by atoms with Crippen LogP contribution in [0, 0.1) is 0 Å². The van der Waals surface area contributed by atoms with E-state index in [1.54, 1.807) is 0 Å². The molecule has 1 aromatic rings. The number of nitrogens with two attached hydrogens (primary N) is 1. The van der Waals surface area contributed by atoms with Gasteiger partial charge in [-0.25, -0.2) is 13.1 Å². The molecule has 3 N–H and O–H groups in total. The van der Waals surface area contributed by atoms with Crippen molar-refractivity contribution in [3.63, 3.8) is 0 Å². The molecule has 0 aromatic heterocycles. The Kier molecular flexibility index (Phi) is 5.94. The van der Waals surface area contributed by atoms with Crippen LogP contribution >= 0.6 is 0 Å². The fraction of sp³-hybridized carbons (Fsp3) is 0.417. The maximum atomic E-state index is 11.5. The normalized spacial score (nSPS) is 11.3. The Hall–Kier alpha value is -1.44. The Morgan fingerprint density at radius 2 is 1.84 bits per heavy atom. The highest BCUT2D eigenvalue weighted by Crippen LogP contribution is 2.05. The van der Waals surface area contributed by atoms with Crippen molar-refractivity contribution >= 4 is 16.0 Å². The molecule has 0 aliphatic carbocycles. The third-order valence-electron chi connectivity index (χ3n) is 2.49. The number of rotatable bonds is 7. The molecule has 0 heterocycles. The lowest BCUT2D eigenvalue weighted by atomic mass is 10.1. The van der Waals surface area contributed by atoms with Crippen LogP contribution in [-0.4, -0.2) is 33.8 Å². The summed E-state index contributed by atoms with van der Waals surface area (Å²) in [5.41, 5.74) is 7.35. The van der Waals surface area contributed by atoms with E-state index in [0.29, 0.717) is 6.54 Å². The van der Waals surface area contributed by atoms with E-state index in [4.69, 9.17) is 5.73 Å².